The summed E-state index contributed by atoms with van der Waals surface area (Å²) in [7, 11) is 0. The molecule has 0 aromatic heterocycles. The van der Waals surface area contributed by atoms with Crippen molar-refractivity contribution in [2.45, 2.75) is 64.8 Å². The number of nitrogens with zero attached hydrogens (tertiary/aromatic N) is 2. The lowest BCUT2D eigenvalue weighted by Crippen LogP contribution is -2.43. The molecule has 160 valence electrons. The molecule has 2 fully saturated rings. The van der Waals surface area contributed by atoms with E-state index in [1.165, 1.54) is 12.8 Å². The largest absolute Gasteiger partial charge is 0.490 e. The van der Waals surface area contributed by atoms with Gasteiger partial charge in [0, 0.05) is 31.2 Å². The third kappa shape index (κ3) is 5.43. The van der Waals surface area contributed by atoms with Crippen LogP contribution < -0.4 is 9.47 Å². The highest BCUT2D eigenvalue weighted by Gasteiger charge is 2.27. The Morgan fingerprint density at radius 3 is 2.45 bits per heavy atom. The highest BCUT2D eigenvalue weighted by molar-refractivity contribution is 5.95. The van der Waals surface area contributed by atoms with E-state index in [4.69, 9.17) is 9.47 Å². The number of likely N-dealkylation sites (tertiary alicyclic amines) is 2. The van der Waals surface area contributed by atoms with E-state index in [0.717, 1.165) is 51.7 Å². The summed E-state index contributed by atoms with van der Waals surface area (Å²) in [6, 6.07) is 5.61. The summed E-state index contributed by atoms with van der Waals surface area (Å²) in [5.74, 6) is 1.09. The molecule has 1 unspecified atom stereocenters. The fourth-order valence-corrected chi connectivity index (χ4v) is 4.26. The molecule has 2 aliphatic heterocycles. The van der Waals surface area contributed by atoms with Crippen LogP contribution in [0.25, 0.3) is 0 Å². The maximum Gasteiger partial charge on any atom is 0.260 e. The highest BCUT2D eigenvalue weighted by atomic mass is 16.5. The summed E-state index contributed by atoms with van der Waals surface area (Å²) in [5, 5.41) is 0. The molecule has 1 aromatic rings. The molecule has 1 aromatic carbocycles. The fraction of sp³-hybridized carbons (Fsp3) is 0.652. The van der Waals surface area contributed by atoms with Crippen molar-refractivity contribution in [3.63, 3.8) is 0 Å². The predicted molar refractivity (Wildman–Crippen MR) is 113 cm³/mol. The summed E-state index contributed by atoms with van der Waals surface area (Å²) < 4.78 is 11.5. The van der Waals surface area contributed by atoms with E-state index in [1.807, 2.05) is 16.7 Å². The number of benzene rings is 1. The number of amides is 2. The van der Waals surface area contributed by atoms with Gasteiger partial charge < -0.3 is 19.3 Å². The zero-order chi connectivity index (χ0) is 20.6. The summed E-state index contributed by atoms with van der Waals surface area (Å²) >= 11 is 0. The molecule has 2 amide bonds. The molecular weight excluding hydrogens is 368 g/mol. The lowest BCUT2D eigenvalue weighted by Gasteiger charge is -2.35. The summed E-state index contributed by atoms with van der Waals surface area (Å²) in [5.41, 5.74) is 0.614. The standard InChI is InChI=1S/C23H34N2O4/c1-3-19-10-6-9-15-25(19)23(27)18-11-12-20(21(16-18)28-4-2)29-17-22(26)24-13-7-5-8-14-24/h11-12,16,19H,3-10,13-15,17H2,1-2H3. The van der Waals surface area contributed by atoms with Crippen LogP contribution in [-0.2, 0) is 4.79 Å². The van der Waals surface area contributed by atoms with Crippen LogP contribution in [0.3, 0.4) is 0 Å². The van der Waals surface area contributed by atoms with Gasteiger partial charge in [0.1, 0.15) is 0 Å². The third-order valence-corrected chi connectivity index (χ3v) is 5.91. The quantitative estimate of drug-likeness (QED) is 0.694. The van der Waals surface area contributed by atoms with Gasteiger partial charge in [0.2, 0.25) is 0 Å². The average molecular weight is 403 g/mol. The molecule has 0 radical (unpaired) electrons. The topological polar surface area (TPSA) is 59.1 Å². The van der Waals surface area contributed by atoms with Gasteiger partial charge in [0.05, 0.1) is 6.61 Å². The van der Waals surface area contributed by atoms with Crippen molar-refractivity contribution in [3.8, 4) is 11.5 Å². The van der Waals surface area contributed by atoms with Crippen LogP contribution >= 0.6 is 0 Å². The Hall–Kier alpha value is -2.24. The van der Waals surface area contributed by atoms with Crippen LogP contribution in [0.2, 0.25) is 0 Å². The maximum atomic E-state index is 13.1. The number of hydrogen-bond donors (Lipinski definition) is 0. The summed E-state index contributed by atoms with van der Waals surface area (Å²) in [6.07, 6.45) is 7.59. The molecule has 0 spiro atoms. The molecule has 6 nitrogen and oxygen atoms in total. The molecular formula is C23H34N2O4. The van der Waals surface area contributed by atoms with E-state index < -0.39 is 0 Å². The Morgan fingerprint density at radius 1 is 0.966 bits per heavy atom. The van der Waals surface area contributed by atoms with Crippen LogP contribution in [0, 0.1) is 0 Å². The van der Waals surface area contributed by atoms with E-state index >= 15 is 0 Å². The Kier molecular flexibility index (Phi) is 7.78. The molecule has 0 N–H and O–H groups in total. The first-order chi connectivity index (χ1) is 14.1. The number of carbonyl (C=O) groups excluding carboxylic acids is 2. The maximum absolute atomic E-state index is 13.1. The second kappa shape index (κ2) is 10.5. The molecule has 2 heterocycles. The van der Waals surface area contributed by atoms with E-state index in [1.54, 1.807) is 18.2 Å². The molecule has 1 atom stereocenters. The Balaban J connectivity index is 1.69. The van der Waals surface area contributed by atoms with Gasteiger partial charge in [-0.3, -0.25) is 9.59 Å². The van der Waals surface area contributed by atoms with Crippen LogP contribution in [-0.4, -0.2) is 60.5 Å². The first-order valence-corrected chi connectivity index (χ1v) is 11.1. The van der Waals surface area contributed by atoms with Crippen molar-refractivity contribution in [1.29, 1.82) is 0 Å². The minimum atomic E-state index is -0.00258. The van der Waals surface area contributed by atoms with E-state index in [2.05, 4.69) is 6.92 Å². The minimum absolute atomic E-state index is 0.00258. The van der Waals surface area contributed by atoms with Gasteiger partial charge >= 0.3 is 0 Å². The molecule has 2 aliphatic rings. The van der Waals surface area contributed by atoms with Crippen LogP contribution in [0.5, 0.6) is 11.5 Å². The molecule has 29 heavy (non-hydrogen) atoms. The normalized spacial score (nSPS) is 19.7. The van der Waals surface area contributed by atoms with Crippen molar-refractivity contribution in [3.05, 3.63) is 23.8 Å². The zero-order valence-corrected chi connectivity index (χ0v) is 17.8. The van der Waals surface area contributed by atoms with Gasteiger partial charge in [-0.25, -0.2) is 0 Å². The fourth-order valence-electron chi connectivity index (χ4n) is 4.26. The number of rotatable bonds is 7. The van der Waals surface area contributed by atoms with Crippen molar-refractivity contribution in [2.75, 3.05) is 32.8 Å². The summed E-state index contributed by atoms with van der Waals surface area (Å²) in [4.78, 5) is 29.3. The first-order valence-electron chi connectivity index (χ1n) is 11.1. The van der Waals surface area contributed by atoms with E-state index in [0.29, 0.717) is 29.7 Å². The van der Waals surface area contributed by atoms with Crippen molar-refractivity contribution >= 4 is 11.8 Å². The second-order valence-electron chi connectivity index (χ2n) is 7.88. The second-order valence-corrected chi connectivity index (χ2v) is 7.88. The minimum Gasteiger partial charge on any atom is -0.490 e. The number of piperidine rings is 2. The van der Waals surface area contributed by atoms with Crippen LogP contribution in [0.15, 0.2) is 18.2 Å². The van der Waals surface area contributed by atoms with Gasteiger partial charge in [-0.2, -0.15) is 0 Å². The third-order valence-electron chi connectivity index (χ3n) is 5.91. The van der Waals surface area contributed by atoms with Gasteiger partial charge in [-0.05, 0) is 70.1 Å². The Morgan fingerprint density at radius 2 is 1.72 bits per heavy atom. The van der Waals surface area contributed by atoms with Gasteiger partial charge in [-0.1, -0.05) is 6.92 Å². The molecule has 2 saturated heterocycles. The smallest absolute Gasteiger partial charge is 0.260 e. The van der Waals surface area contributed by atoms with Crippen molar-refractivity contribution in [2.24, 2.45) is 0 Å². The Bertz CT molecular complexity index is 700. The average Bonchev–Trinajstić information content (AvgIpc) is 2.78. The summed E-state index contributed by atoms with van der Waals surface area (Å²) in [6.45, 7) is 6.93. The molecule has 0 bridgehead atoms. The monoisotopic (exact) mass is 402 g/mol. The lowest BCUT2D eigenvalue weighted by atomic mass is 9.99. The van der Waals surface area contributed by atoms with Gasteiger partial charge in [0.15, 0.2) is 18.1 Å². The molecule has 3 rings (SSSR count). The van der Waals surface area contributed by atoms with Crippen molar-refractivity contribution in [1.82, 2.24) is 9.80 Å². The van der Waals surface area contributed by atoms with E-state index in [-0.39, 0.29) is 18.4 Å². The highest BCUT2D eigenvalue weighted by Crippen LogP contribution is 2.30. The van der Waals surface area contributed by atoms with E-state index in [9.17, 15) is 9.59 Å². The lowest BCUT2D eigenvalue weighted by molar-refractivity contribution is -0.134. The SMILES string of the molecule is CCOc1cc(C(=O)N2CCCCC2CC)ccc1OCC(=O)N1CCCCC1. The first kappa shape index (κ1) is 21.5. The number of hydrogen-bond acceptors (Lipinski definition) is 4. The van der Waals surface area contributed by atoms with Gasteiger partial charge in [0.25, 0.3) is 11.8 Å². The van der Waals surface area contributed by atoms with Crippen LogP contribution in [0.4, 0.5) is 0 Å². The van der Waals surface area contributed by atoms with Crippen LogP contribution in [0.1, 0.15) is 69.2 Å². The number of carbonyl (C=O) groups is 2. The zero-order valence-electron chi connectivity index (χ0n) is 17.8. The molecule has 0 saturated carbocycles. The molecule has 6 heteroatoms. The number of ether oxygens (including phenoxy) is 2. The van der Waals surface area contributed by atoms with Gasteiger partial charge in [-0.15, -0.1) is 0 Å². The Labute approximate surface area is 174 Å². The van der Waals surface area contributed by atoms with Crippen molar-refractivity contribution < 1.29 is 19.1 Å². The molecule has 0 aliphatic carbocycles. The predicted octanol–water partition coefficient (Wildman–Crippen LogP) is 3.88.